The fourth-order valence-corrected chi connectivity index (χ4v) is 4.78. The fraction of sp³-hybridized carbons (Fsp3) is 0.292. The van der Waals surface area contributed by atoms with E-state index in [9.17, 15) is 4.39 Å². The van der Waals surface area contributed by atoms with Gasteiger partial charge >= 0.3 is 176 Å². The first-order chi connectivity index (χ1) is 15.5. The number of piperidine rings is 1. The van der Waals surface area contributed by atoms with Crippen molar-refractivity contribution in [3.8, 4) is 22.8 Å². The number of halogens is 1. The maximum absolute atomic E-state index is 13.8. The molecule has 1 saturated heterocycles. The van der Waals surface area contributed by atoms with Gasteiger partial charge in [0.05, 0.1) is 0 Å². The number of nitrogens with two attached hydrogens (primary N) is 1. The Morgan fingerprint density at radius 1 is 1.25 bits per heavy atom. The standard InChI is InChI=1S/C24H27BFN5S/c1-16-13-19(9-10-21(16)26)23-28-24(18-7-5-4-6-8-18)31(29-23)14-17(2)30-12-11-20(25-3)22(15-30)32-27/h4-10,13,20,22H,2-3,11-12,14-15,27H2,1H3. The van der Waals surface area contributed by atoms with Crippen molar-refractivity contribution in [2.45, 2.75) is 31.0 Å². The van der Waals surface area contributed by atoms with E-state index in [-0.39, 0.29) is 5.82 Å². The Hall–Kier alpha value is -2.71. The SMILES string of the molecule is C=BC1CCN(C(=C)Cn2nc(-c3ccc(F)c(C)c3)nc2-c2ccccc2)CC1SN. The third-order valence-electron chi connectivity index (χ3n) is 5.99. The Labute approximate surface area is 193 Å². The topological polar surface area (TPSA) is 60.0 Å². The molecule has 2 atom stereocenters. The molecular formula is C24H27BFN5S. The molecule has 164 valence electrons. The summed E-state index contributed by atoms with van der Waals surface area (Å²) in [5.74, 6) is 1.50. The molecule has 1 aliphatic rings. The molecule has 2 N–H and O–H groups in total. The van der Waals surface area contributed by atoms with Gasteiger partial charge in [-0.05, 0) is 6.92 Å². The van der Waals surface area contributed by atoms with Crippen molar-refractivity contribution in [3.63, 3.8) is 0 Å². The Morgan fingerprint density at radius 3 is 2.72 bits per heavy atom. The summed E-state index contributed by atoms with van der Waals surface area (Å²) in [5.41, 5.74) is 3.30. The number of allylic oxidation sites excluding steroid dienone is 1. The van der Waals surface area contributed by atoms with Gasteiger partial charge in [0.1, 0.15) is 5.82 Å². The molecule has 1 aromatic heterocycles. The van der Waals surface area contributed by atoms with Crippen molar-refractivity contribution >= 4 is 25.3 Å². The molecule has 5 nitrogen and oxygen atoms in total. The quantitative estimate of drug-likeness (QED) is 0.435. The van der Waals surface area contributed by atoms with E-state index >= 15 is 0 Å². The Bertz CT molecular complexity index is 1120. The number of likely N-dealkylation sites (tertiary alicyclic amines) is 1. The zero-order valence-corrected chi connectivity index (χ0v) is 19.1. The normalized spacial score (nSPS) is 18.4. The Morgan fingerprint density at radius 2 is 2.03 bits per heavy atom. The van der Waals surface area contributed by atoms with E-state index < -0.39 is 0 Å². The molecule has 3 aromatic rings. The molecule has 8 heteroatoms. The van der Waals surface area contributed by atoms with Gasteiger partial charge in [-0.1, -0.05) is 0 Å². The Balaban J connectivity index is 1.63. The van der Waals surface area contributed by atoms with E-state index in [1.165, 1.54) is 18.0 Å². The molecule has 2 unspecified atom stereocenters. The number of hydrogen-bond acceptors (Lipinski definition) is 5. The van der Waals surface area contributed by atoms with Crippen LogP contribution in [0.5, 0.6) is 0 Å². The summed E-state index contributed by atoms with van der Waals surface area (Å²) >= 11 is 1.39. The molecule has 32 heavy (non-hydrogen) atoms. The van der Waals surface area contributed by atoms with Gasteiger partial charge in [-0.3, -0.25) is 0 Å². The summed E-state index contributed by atoms with van der Waals surface area (Å²) < 4.78 is 15.7. The summed E-state index contributed by atoms with van der Waals surface area (Å²) in [6.07, 6.45) is 1.00. The van der Waals surface area contributed by atoms with E-state index in [1.54, 1.807) is 19.1 Å². The molecule has 0 amide bonds. The van der Waals surface area contributed by atoms with Crippen LogP contribution in [0.3, 0.4) is 0 Å². The third-order valence-corrected chi connectivity index (χ3v) is 6.84. The second kappa shape index (κ2) is 9.84. The van der Waals surface area contributed by atoms with Crippen molar-refractivity contribution in [1.29, 1.82) is 0 Å². The van der Waals surface area contributed by atoms with Crippen molar-refractivity contribution in [2.24, 2.45) is 5.14 Å². The minimum absolute atomic E-state index is 0.236. The summed E-state index contributed by atoms with van der Waals surface area (Å²) in [6, 6.07) is 14.9. The van der Waals surface area contributed by atoms with Crippen LogP contribution in [0.2, 0.25) is 5.82 Å². The van der Waals surface area contributed by atoms with Crippen molar-refractivity contribution in [3.05, 3.63) is 72.2 Å². The van der Waals surface area contributed by atoms with E-state index in [0.717, 1.165) is 42.2 Å². The molecule has 0 saturated carbocycles. The summed E-state index contributed by atoms with van der Waals surface area (Å²) in [7, 11) is 0. The molecule has 2 aromatic carbocycles. The van der Waals surface area contributed by atoms with Crippen LogP contribution in [0.15, 0.2) is 60.8 Å². The van der Waals surface area contributed by atoms with Crippen LogP contribution in [0.25, 0.3) is 22.8 Å². The van der Waals surface area contributed by atoms with Crippen LogP contribution >= 0.6 is 11.9 Å². The van der Waals surface area contributed by atoms with E-state index in [1.807, 2.05) is 41.9 Å². The average Bonchev–Trinajstić information content (AvgIpc) is 3.24. The first-order valence-electron chi connectivity index (χ1n) is 10.7. The zero-order valence-electron chi connectivity index (χ0n) is 18.2. The molecule has 1 aliphatic heterocycles. The van der Waals surface area contributed by atoms with Gasteiger partial charge in [-0.25, -0.2) is 4.39 Å². The van der Waals surface area contributed by atoms with Crippen LogP contribution in [0.4, 0.5) is 4.39 Å². The second-order valence-electron chi connectivity index (χ2n) is 8.12. The predicted molar refractivity (Wildman–Crippen MR) is 133 cm³/mol. The van der Waals surface area contributed by atoms with Gasteiger partial charge in [0.15, 0.2) is 0 Å². The molecule has 4 rings (SSSR count). The molecule has 0 radical (unpaired) electrons. The van der Waals surface area contributed by atoms with Crippen molar-refractivity contribution in [2.75, 3.05) is 13.1 Å². The number of rotatable bonds is 7. The Kier molecular flexibility index (Phi) is 6.91. The van der Waals surface area contributed by atoms with Crippen LogP contribution < -0.4 is 5.14 Å². The molecule has 0 bridgehead atoms. The van der Waals surface area contributed by atoms with Crippen molar-refractivity contribution in [1.82, 2.24) is 19.7 Å². The van der Waals surface area contributed by atoms with Crippen LogP contribution in [-0.2, 0) is 6.54 Å². The second-order valence-corrected chi connectivity index (χ2v) is 9.00. The zero-order chi connectivity index (χ0) is 22.7. The molecule has 1 fully saturated rings. The monoisotopic (exact) mass is 447 g/mol. The first-order valence-corrected chi connectivity index (χ1v) is 11.6. The van der Waals surface area contributed by atoms with Gasteiger partial charge in [0.2, 0.25) is 0 Å². The molecular weight excluding hydrogens is 420 g/mol. The van der Waals surface area contributed by atoms with Crippen molar-refractivity contribution < 1.29 is 4.39 Å². The van der Waals surface area contributed by atoms with Gasteiger partial charge in [0, 0.05) is 0 Å². The van der Waals surface area contributed by atoms with Crippen LogP contribution in [-0.4, -0.2) is 51.4 Å². The summed E-state index contributed by atoms with van der Waals surface area (Å²) in [6.45, 7) is 14.3. The van der Waals surface area contributed by atoms with Gasteiger partial charge in [-0.2, -0.15) is 0 Å². The first kappa shape index (κ1) is 22.5. The van der Waals surface area contributed by atoms with Crippen LogP contribution in [0.1, 0.15) is 12.0 Å². The number of nitrogens with zero attached hydrogens (tertiary/aromatic N) is 4. The van der Waals surface area contributed by atoms with E-state index in [0.29, 0.717) is 29.0 Å². The van der Waals surface area contributed by atoms with Gasteiger partial charge in [-0.15, -0.1) is 0 Å². The molecule has 0 aliphatic carbocycles. The number of benzene rings is 2. The number of aromatic nitrogens is 3. The van der Waals surface area contributed by atoms with E-state index in [2.05, 4.69) is 17.9 Å². The summed E-state index contributed by atoms with van der Waals surface area (Å²) in [4.78, 5) is 7.09. The van der Waals surface area contributed by atoms with Crippen LogP contribution in [0, 0.1) is 12.7 Å². The summed E-state index contributed by atoms with van der Waals surface area (Å²) in [5, 5.41) is 11.0. The third kappa shape index (κ3) is 4.71. The minimum atomic E-state index is -0.236. The average molecular weight is 447 g/mol. The predicted octanol–water partition coefficient (Wildman–Crippen LogP) is 4.18. The molecule has 0 spiro atoms. The van der Waals surface area contributed by atoms with Gasteiger partial charge in [0.25, 0.3) is 0 Å². The number of aryl methyl sites for hydroxylation is 1. The maximum atomic E-state index is 13.8. The molecule has 2 heterocycles. The fourth-order valence-electron chi connectivity index (χ4n) is 4.07. The van der Waals surface area contributed by atoms with Gasteiger partial charge < -0.3 is 0 Å². The van der Waals surface area contributed by atoms with E-state index in [4.69, 9.17) is 15.2 Å². The number of hydrogen-bond donors (Lipinski definition) is 1.